The maximum Gasteiger partial charge on any atom is 0.502 e. The van der Waals surface area contributed by atoms with Crippen LogP contribution in [0.5, 0.6) is 0 Å². The number of rotatable bonds is 22. The highest BCUT2D eigenvalue weighted by atomic mass is 28.4. The third kappa shape index (κ3) is 10.2. The Morgan fingerprint density at radius 3 is 1.61 bits per heavy atom. The minimum absolute atomic E-state index is 0.347. The van der Waals surface area contributed by atoms with Gasteiger partial charge in [0, 0.05) is 34.0 Å². The Bertz CT molecular complexity index is 397. The van der Waals surface area contributed by atoms with Gasteiger partial charge < -0.3 is 32.2 Å². The quantitative estimate of drug-likeness (QED) is 0.118. The zero-order valence-electron chi connectivity index (χ0n) is 21.5. The summed E-state index contributed by atoms with van der Waals surface area (Å²) in [6.07, 6.45) is 6.26. The van der Waals surface area contributed by atoms with Gasteiger partial charge in [0.15, 0.2) is 0 Å². The Morgan fingerprint density at radius 1 is 0.710 bits per heavy atom. The Labute approximate surface area is 192 Å². The molecule has 0 amide bonds. The van der Waals surface area contributed by atoms with Gasteiger partial charge in [0.05, 0.1) is 13.2 Å². The van der Waals surface area contributed by atoms with Gasteiger partial charge in [0.2, 0.25) is 12.1 Å². The van der Waals surface area contributed by atoms with Crippen LogP contribution in [0.3, 0.4) is 0 Å². The maximum atomic E-state index is 6.48. The van der Waals surface area contributed by atoms with E-state index in [0.29, 0.717) is 32.3 Å². The van der Waals surface area contributed by atoms with Crippen molar-refractivity contribution in [2.75, 3.05) is 41.2 Å². The monoisotopic (exact) mass is 466 g/mol. The highest BCUT2D eigenvalue weighted by Gasteiger charge is 2.54. The number of ether oxygens (including phenoxy) is 4. The van der Waals surface area contributed by atoms with E-state index in [-0.39, 0.29) is 6.10 Å². The first-order valence-corrected chi connectivity index (χ1v) is 14.1. The Balaban J connectivity index is 6.13. The van der Waals surface area contributed by atoms with E-state index in [1.807, 2.05) is 0 Å². The third-order valence-electron chi connectivity index (χ3n) is 5.29. The first-order valence-electron chi connectivity index (χ1n) is 12.2. The van der Waals surface area contributed by atoms with Gasteiger partial charge in [-0.3, -0.25) is 0 Å². The topological polar surface area (TPSA) is 64.6 Å². The Kier molecular flexibility index (Phi) is 18.3. The minimum Gasteiger partial charge on any atom is -0.377 e. The molecule has 0 bridgehead atoms. The summed E-state index contributed by atoms with van der Waals surface area (Å²) in [5.74, 6) is -1.20. The van der Waals surface area contributed by atoms with E-state index in [4.69, 9.17) is 32.2 Å². The molecule has 0 fully saturated rings. The second-order valence-corrected chi connectivity index (χ2v) is 10.7. The smallest absolute Gasteiger partial charge is 0.377 e. The number of hydrogen-bond acceptors (Lipinski definition) is 7. The molecule has 0 saturated heterocycles. The maximum absolute atomic E-state index is 6.48. The molecule has 0 heterocycles. The van der Waals surface area contributed by atoms with E-state index in [1.54, 1.807) is 21.3 Å². The Morgan fingerprint density at radius 2 is 1.23 bits per heavy atom. The first-order chi connectivity index (χ1) is 15.0. The van der Waals surface area contributed by atoms with Crippen molar-refractivity contribution >= 4 is 8.80 Å². The largest absolute Gasteiger partial charge is 0.502 e. The second-order valence-electron chi connectivity index (χ2n) is 7.77. The van der Waals surface area contributed by atoms with Crippen molar-refractivity contribution in [3.63, 3.8) is 0 Å². The number of methoxy groups -OCH3 is 1. The molecule has 0 rings (SSSR count). The normalized spacial score (nSPS) is 14.7. The lowest BCUT2D eigenvalue weighted by Crippen LogP contribution is -2.62. The summed E-state index contributed by atoms with van der Waals surface area (Å²) < 4.78 is 43.2. The molecule has 0 aliphatic rings. The molecule has 0 aromatic rings. The minimum atomic E-state index is -2.97. The standard InChI is InChI=1S/C23H50O7Si/c1-9-14-17-27-21(13-5)23(28-18-15-10-2,29-19-16-11-3)22(24-6)30-31(25-7,26-8)20-12-4/h21-22H,9-20H2,1-8H3. The second kappa shape index (κ2) is 18.4. The van der Waals surface area contributed by atoms with Gasteiger partial charge in [-0.2, -0.15) is 0 Å². The lowest BCUT2D eigenvalue weighted by molar-refractivity contribution is -0.372. The van der Waals surface area contributed by atoms with Crippen LogP contribution in [0, 0.1) is 0 Å². The molecule has 2 atom stereocenters. The lowest BCUT2D eigenvalue weighted by atomic mass is 10.1. The molecule has 0 aliphatic carbocycles. The fourth-order valence-corrected chi connectivity index (χ4v) is 5.45. The van der Waals surface area contributed by atoms with Crippen molar-refractivity contribution in [1.29, 1.82) is 0 Å². The molecule has 0 N–H and O–H groups in total. The van der Waals surface area contributed by atoms with Crippen LogP contribution in [0.15, 0.2) is 0 Å². The van der Waals surface area contributed by atoms with Gasteiger partial charge in [-0.1, -0.05) is 60.3 Å². The first kappa shape index (κ1) is 30.9. The molecule has 0 aromatic heterocycles. The summed E-state index contributed by atoms with van der Waals surface area (Å²) >= 11 is 0. The van der Waals surface area contributed by atoms with E-state index in [2.05, 4.69) is 34.6 Å². The zero-order chi connectivity index (χ0) is 23.6. The molecular weight excluding hydrogens is 416 g/mol. The fraction of sp³-hybridized carbons (Fsp3) is 1.00. The molecule has 188 valence electrons. The van der Waals surface area contributed by atoms with Gasteiger partial charge in [-0.05, 0) is 25.7 Å². The van der Waals surface area contributed by atoms with Crippen LogP contribution >= 0.6 is 0 Å². The molecule has 7 nitrogen and oxygen atoms in total. The highest BCUT2D eigenvalue weighted by molar-refractivity contribution is 6.60. The van der Waals surface area contributed by atoms with Crippen LogP contribution < -0.4 is 0 Å². The van der Waals surface area contributed by atoms with Crippen LogP contribution in [-0.2, 0) is 32.2 Å². The fourth-order valence-electron chi connectivity index (χ4n) is 3.36. The van der Waals surface area contributed by atoms with Crippen molar-refractivity contribution in [3.05, 3.63) is 0 Å². The number of hydrogen-bond donors (Lipinski definition) is 0. The molecule has 0 aromatic carbocycles. The summed E-state index contributed by atoms with van der Waals surface area (Å²) in [5, 5.41) is 0. The van der Waals surface area contributed by atoms with Crippen molar-refractivity contribution in [2.24, 2.45) is 0 Å². The number of unbranched alkanes of at least 4 members (excludes halogenated alkanes) is 3. The van der Waals surface area contributed by atoms with Gasteiger partial charge in [-0.15, -0.1) is 0 Å². The molecule has 2 unspecified atom stereocenters. The van der Waals surface area contributed by atoms with E-state index >= 15 is 0 Å². The van der Waals surface area contributed by atoms with E-state index in [9.17, 15) is 0 Å². The summed E-state index contributed by atoms with van der Waals surface area (Å²) in [6.45, 7) is 12.3. The molecular formula is C23H50O7Si. The van der Waals surface area contributed by atoms with E-state index < -0.39 is 20.9 Å². The molecule has 0 radical (unpaired) electrons. The molecule has 0 spiro atoms. The van der Waals surface area contributed by atoms with E-state index in [0.717, 1.165) is 44.9 Å². The van der Waals surface area contributed by atoms with Gasteiger partial charge >= 0.3 is 8.80 Å². The summed E-state index contributed by atoms with van der Waals surface area (Å²) in [5.41, 5.74) is 0. The Hall–Kier alpha value is -0.0631. The van der Waals surface area contributed by atoms with Crippen LogP contribution in [0.1, 0.15) is 86.0 Å². The van der Waals surface area contributed by atoms with Gasteiger partial charge in [0.1, 0.15) is 6.10 Å². The van der Waals surface area contributed by atoms with Crippen molar-refractivity contribution < 1.29 is 32.2 Å². The molecule has 0 aliphatic heterocycles. The molecule has 31 heavy (non-hydrogen) atoms. The summed E-state index contributed by atoms with van der Waals surface area (Å²) in [7, 11) is 1.90. The average molecular weight is 467 g/mol. The summed E-state index contributed by atoms with van der Waals surface area (Å²) in [6, 6.07) is 0.674. The van der Waals surface area contributed by atoms with Crippen molar-refractivity contribution in [2.45, 2.75) is 110 Å². The van der Waals surface area contributed by atoms with Crippen molar-refractivity contribution in [3.8, 4) is 0 Å². The molecule has 0 saturated carbocycles. The van der Waals surface area contributed by atoms with Crippen LogP contribution in [0.25, 0.3) is 0 Å². The van der Waals surface area contributed by atoms with Crippen LogP contribution in [0.4, 0.5) is 0 Å². The zero-order valence-corrected chi connectivity index (χ0v) is 22.5. The summed E-state index contributed by atoms with van der Waals surface area (Å²) in [4.78, 5) is 0. The average Bonchev–Trinajstić information content (AvgIpc) is 2.79. The van der Waals surface area contributed by atoms with Gasteiger partial charge in [0.25, 0.3) is 0 Å². The SMILES string of the molecule is CCCCOC(CC)C(OCCCC)(OCCCC)C(OC)O[Si](CCC)(OC)OC. The predicted octanol–water partition coefficient (Wildman–Crippen LogP) is 5.54. The van der Waals surface area contributed by atoms with Crippen LogP contribution in [0.2, 0.25) is 6.04 Å². The van der Waals surface area contributed by atoms with Gasteiger partial charge in [-0.25, -0.2) is 0 Å². The van der Waals surface area contributed by atoms with E-state index in [1.165, 1.54) is 0 Å². The highest BCUT2D eigenvalue weighted by Crippen LogP contribution is 2.34. The lowest BCUT2D eigenvalue weighted by Gasteiger charge is -2.45. The predicted molar refractivity (Wildman–Crippen MR) is 126 cm³/mol. The van der Waals surface area contributed by atoms with Crippen molar-refractivity contribution in [1.82, 2.24) is 0 Å². The molecule has 8 heteroatoms. The van der Waals surface area contributed by atoms with Crippen LogP contribution in [-0.4, -0.2) is 68.1 Å². The third-order valence-corrected chi connectivity index (χ3v) is 8.22.